The lowest BCUT2D eigenvalue weighted by Gasteiger charge is -2.02. The van der Waals surface area contributed by atoms with E-state index in [0.717, 1.165) is 6.54 Å². The van der Waals surface area contributed by atoms with Gasteiger partial charge in [0.1, 0.15) is 0 Å². The summed E-state index contributed by atoms with van der Waals surface area (Å²) in [7, 11) is 0. The number of nitrogens with one attached hydrogen (secondary N) is 3. The van der Waals surface area contributed by atoms with Crippen molar-refractivity contribution in [2.24, 2.45) is 0 Å². The standard InChI is InChI=1S/C10H17N5O2S/c1-3-11-7(16)5-6-13-8(17)9-14-15-10(18-9)12-4-2/h3-6H2,1-2H3,(H,11,16)(H,12,15)(H,13,17). The molecule has 8 heteroatoms. The Kier molecular flexibility index (Phi) is 6.06. The first-order valence-corrected chi connectivity index (χ1v) is 6.61. The van der Waals surface area contributed by atoms with E-state index >= 15 is 0 Å². The van der Waals surface area contributed by atoms with Crippen LogP contribution in [-0.2, 0) is 4.79 Å². The molecule has 0 atom stereocenters. The van der Waals surface area contributed by atoms with Gasteiger partial charge in [-0.3, -0.25) is 9.59 Å². The third-order valence-electron chi connectivity index (χ3n) is 1.96. The van der Waals surface area contributed by atoms with E-state index in [2.05, 4.69) is 26.1 Å². The molecule has 100 valence electrons. The zero-order chi connectivity index (χ0) is 13.4. The molecule has 0 unspecified atom stereocenters. The van der Waals surface area contributed by atoms with E-state index in [9.17, 15) is 9.59 Å². The maximum absolute atomic E-state index is 11.6. The molecule has 0 saturated heterocycles. The van der Waals surface area contributed by atoms with Gasteiger partial charge in [0.15, 0.2) is 0 Å². The molecule has 1 aromatic heterocycles. The van der Waals surface area contributed by atoms with E-state index in [1.807, 2.05) is 13.8 Å². The molecule has 0 bridgehead atoms. The van der Waals surface area contributed by atoms with Gasteiger partial charge in [-0.15, -0.1) is 10.2 Å². The molecule has 0 saturated carbocycles. The lowest BCUT2D eigenvalue weighted by molar-refractivity contribution is -0.120. The number of hydrogen-bond donors (Lipinski definition) is 3. The van der Waals surface area contributed by atoms with E-state index < -0.39 is 0 Å². The Morgan fingerprint density at radius 2 is 1.94 bits per heavy atom. The zero-order valence-electron chi connectivity index (χ0n) is 10.4. The van der Waals surface area contributed by atoms with Crippen LogP contribution in [0.25, 0.3) is 0 Å². The summed E-state index contributed by atoms with van der Waals surface area (Å²) in [5, 5.41) is 16.7. The monoisotopic (exact) mass is 271 g/mol. The molecule has 0 aromatic carbocycles. The molecule has 1 rings (SSSR count). The van der Waals surface area contributed by atoms with Crippen LogP contribution in [0, 0.1) is 0 Å². The molecule has 18 heavy (non-hydrogen) atoms. The van der Waals surface area contributed by atoms with Crippen molar-refractivity contribution in [3.63, 3.8) is 0 Å². The largest absolute Gasteiger partial charge is 0.360 e. The summed E-state index contributed by atoms with van der Waals surface area (Å²) in [4.78, 5) is 22.8. The zero-order valence-corrected chi connectivity index (χ0v) is 11.3. The lowest BCUT2D eigenvalue weighted by Crippen LogP contribution is -2.30. The molecular weight excluding hydrogens is 254 g/mol. The highest BCUT2D eigenvalue weighted by Gasteiger charge is 2.12. The molecule has 7 nitrogen and oxygen atoms in total. The van der Waals surface area contributed by atoms with Crippen LogP contribution in [0.2, 0.25) is 0 Å². The molecule has 2 amide bonds. The number of aromatic nitrogens is 2. The fraction of sp³-hybridized carbons (Fsp3) is 0.600. The predicted molar refractivity (Wildman–Crippen MR) is 69.7 cm³/mol. The van der Waals surface area contributed by atoms with Crippen molar-refractivity contribution in [3.05, 3.63) is 5.01 Å². The van der Waals surface area contributed by atoms with Gasteiger partial charge in [-0.25, -0.2) is 0 Å². The first-order chi connectivity index (χ1) is 8.67. The number of carbonyl (C=O) groups excluding carboxylic acids is 2. The minimum absolute atomic E-state index is 0.0802. The van der Waals surface area contributed by atoms with Crippen molar-refractivity contribution in [2.75, 3.05) is 25.0 Å². The first-order valence-electron chi connectivity index (χ1n) is 5.79. The molecule has 0 radical (unpaired) electrons. The maximum atomic E-state index is 11.6. The van der Waals surface area contributed by atoms with E-state index in [1.54, 1.807) is 0 Å². The van der Waals surface area contributed by atoms with Crippen molar-refractivity contribution in [2.45, 2.75) is 20.3 Å². The van der Waals surface area contributed by atoms with Crippen molar-refractivity contribution in [1.29, 1.82) is 0 Å². The number of anilines is 1. The van der Waals surface area contributed by atoms with Gasteiger partial charge in [-0.2, -0.15) is 0 Å². The molecule has 3 N–H and O–H groups in total. The van der Waals surface area contributed by atoms with Gasteiger partial charge in [0.25, 0.3) is 5.91 Å². The second-order valence-corrected chi connectivity index (χ2v) is 4.38. The summed E-state index contributed by atoms with van der Waals surface area (Å²) in [5.74, 6) is -0.385. The Labute approximate surface area is 109 Å². The van der Waals surface area contributed by atoms with Crippen molar-refractivity contribution < 1.29 is 9.59 Å². The van der Waals surface area contributed by atoms with Crippen molar-refractivity contribution >= 4 is 28.3 Å². The van der Waals surface area contributed by atoms with E-state index in [-0.39, 0.29) is 18.2 Å². The second kappa shape index (κ2) is 7.59. The Morgan fingerprint density at radius 1 is 1.17 bits per heavy atom. The number of nitrogens with zero attached hydrogens (tertiary/aromatic N) is 2. The average molecular weight is 271 g/mol. The van der Waals surface area contributed by atoms with Gasteiger partial charge in [-0.05, 0) is 13.8 Å². The first kappa shape index (κ1) is 14.4. The summed E-state index contributed by atoms with van der Waals surface area (Å²) in [6.07, 6.45) is 0.262. The number of rotatable bonds is 7. The number of amides is 2. The SMILES string of the molecule is CCNC(=O)CCNC(=O)c1nnc(NCC)s1. The van der Waals surface area contributed by atoms with Gasteiger partial charge < -0.3 is 16.0 Å². The molecule has 0 spiro atoms. The van der Waals surface area contributed by atoms with E-state index in [4.69, 9.17) is 0 Å². The summed E-state index contributed by atoms with van der Waals surface area (Å²) >= 11 is 1.19. The van der Waals surface area contributed by atoms with Crippen LogP contribution < -0.4 is 16.0 Å². The van der Waals surface area contributed by atoms with Crippen molar-refractivity contribution in [3.8, 4) is 0 Å². The molecule has 0 aliphatic rings. The van der Waals surface area contributed by atoms with Gasteiger partial charge >= 0.3 is 0 Å². The number of carbonyl (C=O) groups is 2. The molecule has 0 fully saturated rings. The van der Waals surface area contributed by atoms with Gasteiger partial charge in [0.05, 0.1) is 0 Å². The van der Waals surface area contributed by atoms with Gasteiger partial charge in [0.2, 0.25) is 16.0 Å². The highest BCUT2D eigenvalue weighted by molar-refractivity contribution is 7.17. The predicted octanol–water partition coefficient (Wildman–Crippen LogP) is 0.226. The number of hydrogen-bond acceptors (Lipinski definition) is 6. The van der Waals surface area contributed by atoms with Gasteiger partial charge in [-0.1, -0.05) is 11.3 Å². The maximum Gasteiger partial charge on any atom is 0.282 e. The summed E-state index contributed by atoms with van der Waals surface area (Å²) < 4.78 is 0. The van der Waals surface area contributed by atoms with E-state index in [1.165, 1.54) is 11.3 Å². The molecule has 0 aliphatic heterocycles. The Balaban J connectivity index is 2.33. The molecule has 1 heterocycles. The third kappa shape index (κ3) is 4.66. The van der Waals surface area contributed by atoms with Crippen molar-refractivity contribution in [1.82, 2.24) is 20.8 Å². The highest BCUT2D eigenvalue weighted by atomic mass is 32.1. The van der Waals surface area contributed by atoms with Crippen LogP contribution in [0.15, 0.2) is 0 Å². The average Bonchev–Trinajstić information content (AvgIpc) is 2.78. The highest BCUT2D eigenvalue weighted by Crippen LogP contribution is 2.14. The van der Waals surface area contributed by atoms with Gasteiger partial charge in [0, 0.05) is 26.1 Å². The normalized spacial score (nSPS) is 9.89. The Bertz CT molecular complexity index is 407. The summed E-state index contributed by atoms with van der Waals surface area (Å²) in [6, 6.07) is 0. The minimum Gasteiger partial charge on any atom is -0.360 e. The minimum atomic E-state index is -0.305. The van der Waals surface area contributed by atoms with Crippen LogP contribution in [0.3, 0.4) is 0 Å². The quantitative estimate of drug-likeness (QED) is 0.659. The Hall–Kier alpha value is -1.70. The van der Waals surface area contributed by atoms with Crippen LogP contribution >= 0.6 is 11.3 Å². The van der Waals surface area contributed by atoms with E-state index in [0.29, 0.717) is 23.2 Å². The van der Waals surface area contributed by atoms with Crippen LogP contribution in [0.1, 0.15) is 30.1 Å². The topological polar surface area (TPSA) is 96.0 Å². The molecular formula is C10H17N5O2S. The third-order valence-corrected chi connectivity index (χ3v) is 2.84. The van der Waals surface area contributed by atoms with Crippen LogP contribution in [0.4, 0.5) is 5.13 Å². The lowest BCUT2D eigenvalue weighted by atomic mass is 10.4. The fourth-order valence-electron chi connectivity index (χ4n) is 1.19. The smallest absolute Gasteiger partial charge is 0.282 e. The Morgan fingerprint density at radius 3 is 2.61 bits per heavy atom. The summed E-state index contributed by atoms with van der Waals surface area (Å²) in [6.45, 7) is 5.40. The van der Waals surface area contributed by atoms with Crippen LogP contribution in [-0.4, -0.2) is 41.6 Å². The molecule has 0 aliphatic carbocycles. The fourth-order valence-corrected chi connectivity index (χ4v) is 1.92. The van der Waals surface area contributed by atoms with Crippen LogP contribution in [0.5, 0.6) is 0 Å². The second-order valence-electron chi connectivity index (χ2n) is 3.40. The molecule has 1 aromatic rings. The summed E-state index contributed by atoms with van der Waals surface area (Å²) in [5.41, 5.74) is 0.